The quantitative estimate of drug-likeness (QED) is 0.458. The Bertz CT molecular complexity index is 1050. The normalized spacial score (nSPS) is 17.9. The Kier molecular flexibility index (Phi) is 5.58. The lowest BCUT2D eigenvalue weighted by Crippen LogP contribution is -2.51. The fourth-order valence-corrected chi connectivity index (χ4v) is 3.21. The summed E-state index contributed by atoms with van der Waals surface area (Å²) in [4.78, 5) is 12.9. The van der Waals surface area contributed by atoms with Gasteiger partial charge in [-0.3, -0.25) is 10.5 Å². The molecule has 2 heterocycles. The van der Waals surface area contributed by atoms with E-state index in [0.29, 0.717) is 11.3 Å². The van der Waals surface area contributed by atoms with Crippen molar-refractivity contribution < 1.29 is 14.3 Å². The van der Waals surface area contributed by atoms with Gasteiger partial charge in [0, 0.05) is 0 Å². The first kappa shape index (κ1) is 19.8. The number of hydrogen-bond acceptors (Lipinski definition) is 7. The van der Waals surface area contributed by atoms with E-state index >= 15 is 0 Å². The molecule has 3 N–H and O–H groups in total. The van der Waals surface area contributed by atoms with Gasteiger partial charge >= 0.3 is 0 Å². The molecule has 0 bridgehead atoms. The van der Waals surface area contributed by atoms with Crippen LogP contribution in [0.4, 0.5) is 0 Å². The van der Waals surface area contributed by atoms with Crippen LogP contribution >= 0.6 is 0 Å². The van der Waals surface area contributed by atoms with Crippen LogP contribution in [-0.2, 0) is 12.1 Å². The standard InChI is InChI=1S/C22H23N5O3/c1-2-3-5-15-8-10-16(11-9-15)12-13-18(28)17-6-4-7-19-20(17)30-22(23,14-29-19)21-24-26-27-25-21/h4,6-13H,2-3,5,14,23H2,1H3,(H,24,25,26,27). The molecule has 1 aliphatic rings. The zero-order chi connectivity index (χ0) is 21.0. The Morgan fingerprint density at radius 1 is 1.27 bits per heavy atom. The molecule has 3 aromatic rings. The highest BCUT2D eigenvalue weighted by atomic mass is 16.6. The van der Waals surface area contributed by atoms with E-state index in [1.54, 1.807) is 24.3 Å². The Balaban J connectivity index is 1.54. The number of tetrazole rings is 1. The number of H-pyrrole nitrogens is 1. The number of carbonyl (C=O) groups excluding carboxylic acids is 1. The van der Waals surface area contributed by atoms with E-state index in [1.165, 1.54) is 24.5 Å². The summed E-state index contributed by atoms with van der Waals surface area (Å²) in [5.41, 5.74) is 7.42. The van der Waals surface area contributed by atoms with E-state index in [9.17, 15) is 4.79 Å². The highest BCUT2D eigenvalue weighted by Crippen LogP contribution is 2.39. The first-order valence-corrected chi connectivity index (χ1v) is 9.88. The lowest BCUT2D eigenvalue weighted by Gasteiger charge is -2.33. The maximum Gasteiger partial charge on any atom is 0.257 e. The van der Waals surface area contributed by atoms with Gasteiger partial charge in [0.15, 0.2) is 17.3 Å². The summed E-state index contributed by atoms with van der Waals surface area (Å²) in [5.74, 6) is 0.636. The molecule has 1 aliphatic heterocycles. The van der Waals surface area contributed by atoms with Gasteiger partial charge in [0.05, 0.1) is 5.56 Å². The Morgan fingerprint density at radius 3 is 2.83 bits per heavy atom. The number of para-hydroxylation sites is 1. The minimum atomic E-state index is -1.44. The second-order valence-electron chi connectivity index (χ2n) is 7.19. The van der Waals surface area contributed by atoms with Crippen LogP contribution in [0.2, 0.25) is 0 Å². The van der Waals surface area contributed by atoms with Crippen LogP contribution in [0, 0.1) is 0 Å². The number of unbranched alkanes of at least 4 members (excludes halogenated alkanes) is 1. The van der Waals surface area contributed by atoms with Crippen LogP contribution in [0.1, 0.15) is 47.1 Å². The van der Waals surface area contributed by atoms with Gasteiger partial charge in [0.1, 0.15) is 6.61 Å². The maximum atomic E-state index is 12.9. The number of benzene rings is 2. The van der Waals surface area contributed by atoms with E-state index in [-0.39, 0.29) is 24.0 Å². The van der Waals surface area contributed by atoms with Crippen molar-refractivity contribution in [1.82, 2.24) is 20.6 Å². The van der Waals surface area contributed by atoms with Crippen molar-refractivity contribution in [3.63, 3.8) is 0 Å². The van der Waals surface area contributed by atoms with E-state index in [0.717, 1.165) is 12.0 Å². The number of carbonyl (C=O) groups is 1. The molecule has 2 aromatic carbocycles. The smallest absolute Gasteiger partial charge is 0.257 e. The van der Waals surface area contributed by atoms with Crippen molar-refractivity contribution in [2.45, 2.75) is 31.9 Å². The minimum Gasteiger partial charge on any atom is -0.483 e. The molecule has 4 rings (SSSR count). The second kappa shape index (κ2) is 8.46. The molecule has 0 aliphatic carbocycles. The monoisotopic (exact) mass is 405 g/mol. The number of ether oxygens (including phenoxy) is 2. The van der Waals surface area contributed by atoms with Crippen LogP contribution in [0.5, 0.6) is 11.5 Å². The van der Waals surface area contributed by atoms with Crippen molar-refractivity contribution in [1.29, 1.82) is 0 Å². The van der Waals surface area contributed by atoms with Crippen LogP contribution < -0.4 is 15.2 Å². The van der Waals surface area contributed by atoms with Crippen molar-refractivity contribution in [3.8, 4) is 11.5 Å². The third-order valence-electron chi connectivity index (χ3n) is 4.92. The number of aromatic amines is 1. The molecule has 154 valence electrons. The summed E-state index contributed by atoms with van der Waals surface area (Å²) >= 11 is 0. The third kappa shape index (κ3) is 4.08. The number of nitrogens with one attached hydrogen (secondary N) is 1. The van der Waals surface area contributed by atoms with Crippen LogP contribution in [0.25, 0.3) is 6.08 Å². The number of allylic oxidation sites excluding steroid dienone is 1. The van der Waals surface area contributed by atoms with E-state index in [4.69, 9.17) is 15.2 Å². The van der Waals surface area contributed by atoms with Gasteiger partial charge in [-0.15, -0.1) is 10.2 Å². The summed E-state index contributed by atoms with van der Waals surface area (Å²) < 4.78 is 11.6. The zero-order valence-corrected chi connectivity index (χ0v) is 16.7. The Labute approximate surface area is 174 Å². The molecule has 0 fully saturated rings. The summed E-state index contributed by atoms with van der Waals surface area (Å²) in [5, 5.41) is 13.6. The van der Waals surface area contributed by atoms with Crippen molar-refractivity contribution in [2.24, 2.45) is 5.73 Å². The van der Waals surface area contributed by atoms with E-state index < -0.39 is 5.72 Å². The van der Waals surface area contributed by atoms with Gasteiger partial charge in [0.2, 0.25) is 5.82 Å². The van der Waals surface area contributed by atoms with Gasteiger partial charge in [-0.2, -0.15) is 5.21 Å². The number of rotatable bonds is 7. The number of ketones is 1. The van der Waals surface area contributed by atoms with Gasteiger partial charge in [-0.05, 0) is 47.4 Å². The van der Waals surface area contributed by atoms with Gasteiger partial charge in [-0.25, -0.2) is 0 Å². The minimum absolute atomic E-state index is 0.00258. The fourth-order valence-electron chi connectivity index (χ4n) is 3.21. The summed E-state index contributed by atoms with van der Waals surface area (Å²) in [6.07, 6.45) is 6.70. The van der Waals surface area contributed by atoms with Crippen molar-refractivity contribution >= 4 is 11.9 Å². The van der Waals surface area contributed by atoms with Crippen molar-refractivity contribution in [2.75, 3.05) is 6.61 Å². The molecule has 1 atom stereocenters. The molecule has 8 heteroatoms. The highest BCUT2D eigenvalue weighted by Gasteiger charge is 2.41. The first-order valence-electron chi connectivity index (χ1n) is 9.88. The lowest BCUT2D eigenvalue weighted by molar-refractivity contribution is -0.0154. The predicted molar refractivity (Wildman–Crippen MR) is 111 cm³/mol. The molecular formula is C22H23N5O3. The summed E-state index contributed by atoms with van der Waals surface area (Å²) in [7, 11) is 0. The molecule has 0 spiro atoms. The largest absolute Gasteiger partial charge is 0.483 e. The molecule has 0 amide bonds. The number of nitrogens with zero attached hydrogens (tertiary/aromatic N) is 3. The zero-order valence-electron chi connectivity index (χ0n) is 16.7. The average molecular weight is 405 g/mol. The number of hydrogen-bond donors (Lipinski definition) is 2. The molecule has 0 radical (unpaired) electrons. The van der Waals surface area contributed by atoms with Gasteiger partial charge < -0.3 is 9.47 Å². The topological polar surface area (TPSA) is 116 Å². The van der Waals surface area contributed by atoms with Crippen LogP contribution in [0.3, 0.4) is 0 Å². The van der Waals surface area contributed by atoms with Gasteiger partial charge in [0.25, 0.3) is 5.72 Å². The molecule has 30 heavy (non-hydrogen) atoms. The predicted octanol–water partition coefficient (Wildman–Crippen LogP) is 3.02. The first-order chi connectivity index (χ1) is 14.6. The molecule has 8 nitrogen and oxygen atoms in total. The summed E-state index contributed by atoms with van der Waals surface area (Å²) in [6, 6.07) is 13.3. The molecule has 0 saturated heterocycles. The number of aromatic nitrogens is 4. The van der Waals surface area contributed by atoms with E-state index in [2.05, 4.69) is 39.7 Å². The number of nitrogens with two attached hydrogens (primary N) is 1. The van der Waals surface area contributed by atoms with Crippen LogP contribution in [0.15, 0.2) is 48.5 Å². The maximum absolute atomic E-state index is 12.9. The number of fused-ring (bicyclic) bond motifs is 1. The molecular weight excluding hydrogens is 382 g/mol. The third-order valence-corrected chi connectivity index (χ3v) is 4.92. The molecule has 0 saturated carbocycles. The Hall–Kier alpha value is -3.52. The highest BCUT2D eigenvalue weighted by molar-refractivity contribution is 6.09. The molecule has 1 unspecified atom stereocenters. The lowest BCUT2D eigenvalue weighted by atomic mass is 10.0. The van der Waals surface area contributed by atoms with Crippen molar-refractivity contribution in [3.05, 3.63) is 71.1 Å². The summed E-state index contributed by atoms with van der Waals surface area (Å²) in [6.45, 7) is 2.17. The average Bonchev–Trinajstić information content (AvgIpc) is 3.32. The second-order valence-corrected chi connectivity index (χ2v) is 7.19. The Morgan fingerprint density at radius 2 is 2.10 bits per heavy atom. The SMILES string of the molecule is CCCCc1ccc(C=CC(=O)c2cccc3c2OC(N)(c2nn[nH]n2)CO3)cc1. The number of aryl methyl sites for hydroxylation is 1. The van der Waals surface area contributed by atoms with Gasteiger partial charge in [-0.1, -0.05) is 49.8 Å². The van der Waals surface area contributed by atoms with E-state index in [1.807, 2.05) is 12.1 Å². The van der Waals surface area contributed by atoms with Crippen LogP contribution in [-0.4, -0.2) is 33.0 Å². The molecule has 1 aromatic heterocycles. The fraction of sp³-hybridized carbons (Fsp3) is 0.273.